The molecule has 19 aromatic carbocycles. The Morgan fingerprint density at radius 2 is 0.470 bits per heavy atom. The van der Waals surface area contributed by atoms with Gasteiger partial charge in [0.15, 0.2) is 23.3 Å². The van der Waals surface area contributed by atoms with Gasteiger partial charge in [-0.3, -0.25) is 0 Å². The molecule has 0 saturated carbocycles. The summed E-state index contributed by atoms with van der Waals surface area (Å²) in [6.07, 6.45) is 0. The zero-order valence-corrected chi connectivity index (χ0v) is 72.4. The maximum Gasteiger partial charge on any atom is 0.166 e. The number of para-hydroxylation sites is 12. The van der Waals surface area contributed by atoms with Gasteiger partial charge in [0.2, 0.25) is 0 Å². The van der Waals surface area contributed by atoms with E-state index in [9.17, 15) is 5.26 Å². The average Bonchev–Trinajstić information content (AvgIpc) is 1.56. The molecule has 27 aromatic rings. The first-order chi connectivity index (χ1) is 66.5. The number of nitrogens with zero attached hydrogens (tertiary/aromatic N) is 12. The highest BCUT2D eigenvalue weighted by Crippen LogP contribution is 2.46. The maximum absolute atomic E-state index is 9.91. The first kappa shape index (κ1) is 77.9. The molecule has 0 aliphatic rings. The van der Waals surface area contributed by atoms with Crippen molar-refractivity contribution in [2.75, 3.05) is 0 Å². The lowest BCUT2D eigenvalue weighted by atomic mass is 10.0. The van der Waals surface area contributed by atoms with Gasteiger partial charge in [-0.25, -0.2) is 24.9 Å². The van der Waals surface area contributed by atoms with Gasteiger partial charge in [-0.05, 0) is 140 Å². The molecule has 27 rings (SSSR count). The van der Waals surface area contributed by atoms with Crippen LogP contribution in [0.4, 0.5) is 0 Å². The van der Waals surface area contributed by atoms with Gasteiger partial charge in [0.1, 0.15) is 6.07 Å². The van der Waals surface area contributed by atoms with Crippen LogP contribution in [-0.4, -0.2) is 52.3 Å². The summed E-state index contributed by atoms with van der Waals surface area (Å²) in [7, 11) is 0. The standard InChI is InChI=1S/C46H30N4.C45H29N5.C31H19N3/c1-4-15-31(16-5-1)40-30-41(48-46(47-40)32-17-6-2-7-18-32)38-24-14-23-37-35-21-10-13-26-43(35)50(45(37)38)34-27-28-44-39(29-34)36-22-11-12-25-42(36)49(44)33-19-8-3-9-20-33;1-4-16-30(17-5-1)43-46-44(31-18-6-2-7-19-31)48-45(47-43)37-29-41-36(35-24-12-13-25-38(35)49(41)32-20-8-3-9-21-32)28-42(37)50-39-26-14-10-22-33(39)34-23-11-15-27-40(34)50;32-20-21-9-8-14-26-24-12-4-7-16-29(24)34(31(21)26)23-17-18-30-27(19-23)25-13-5-6-15-28(25)33(30)22-10-2-1-3-11-22/h1-30H;1-29H;1-19H. The van der Waals surface area contributed by atoms with Gasteiger partial charge in [-0.2, -0.15) is 5.26 Å². The molecule has 12 heteroatoms. The molecule has 0 radical (unpaired) electrons. The topological polar surface area (TPSA) is 118 Å². The van der Waals surface area contributed by atoms with Gasteiger partial charge in [0.25, 0.3) is 0 Å². The van der Waals surface area contributed by atoms with Crippen molar-refractivity contribution in [3.8, 4) is 108 Å². The van der Waals surface area contributed by atoms with Crippen LogP contribution in [0.3, 0.4) is 0 Å². The summed E-state index contributed by atoms with van der Waals surface area (Å²) in [5, 5.41) is 24.1. The van der Waals surface area contributed by atoms with Crippen LogP contribution in [0.5, 0.6) is 0 Å². The van der Waals surface area contributed by atoms with Gasteiger partial charge in [0, 0.05) is 126 Å². The lowest BCUT2D eigenvalue weighted by Crippen LogP contribution is -2.04. The van der Waals surface area contributed by atoms with E-state index >= 15 is 0 Å². The number of hydrogen-bond acceptors (Lipinski definition) is 6. The molecule has 0 fully saturated rings. The predicted molar refractivity (Wildman–Crippen MR) is 552 cm³/mol. The summed E-state index contributed by atoms with van der Waals surface area (Å²) >= 11 is 0. The number of rotatable bonds is 12. The van der Waals surface area contributed by atoms with Crippen LogP contribution in [0.25, 0.3) is 233 Å². The Kier molecular flexibility index (Phi) is 19.0. The summed E-state index contributed by atoms with van der Waals surface area (Å²) in [6, 6.07) is 168. The molecule has 0 aliphatic carbocycles. The van der Waals surface area contributed by atoms with E-state index in [1.54, 1.807) is 0 Å². The van der Waals surface area contributed by atoms with E-state index in [2.05, 4.69) is 428 Å². The van der Waals surface area contributed by atoms with E-state index in [0.717, 1.165) is 145 Å². The third kappa shape index (κ3) is 13.2. The predicted octanol–water partition coefficient (Wildman–Crippen LogP) is 30.5. The van der Waals surface area contributed by atoms with Crippen LogP contribution < -0.4 is 0 Å². The minimum atomic E-state index is 0.612. The lowest BCUT2D eigenvalue weighted by molar-refractivity contribution is 1.06. The van der Waals surface area contributed by atoms with Crippen molar-refractivity contribution in [1.29, 1.82) is 5.26 Å². The van der Waals surface area contributed by atoms with Crippen molar-refractivity contribution in [2.24, 2.45) is 0 Å². The molecule has 0 spiro atoms. The highest BCUT2D eigenvalue weighted by atomic mass is 15.1. The second-order valence-corrected chi connectivity index (χ2v) is 33.7. The van der Waals surface area contributed by atoms with Crippen LogP contribution in [-0.2, 0) is 0 Å². The molecule has 134 heavy (non-hydrogen) atoms. The Balaban J connectivity index is 0.000000110. The second kappa shape index (κ2) is 32.7. The Morgan fingerprint density at radius 3 is 0.896 bits per heavy atom. The third-order valence-corrected chi connectivity index (χ3v) is 26.0. The van der Waals surface area contributed by atoms with Crippen LogP contribution in [0.1, 0.15) is 5.56 Å². The number of aromatic nitrogens is 11. The highest BCUT2D eigenvalue weighted by Gasteiger charge is 2.27. The van der Waals surface area contributed by atoms with E-state index in [1.165, 1.54) is 65.0 Å². The smallest absolute Gasteiger partial charge is 0.166 e. The van der Waals surface area contributed by atoms with E-state index in [4.69, 9.17) is 24.9 Å². The van der Waals surface area contributed by atoms with Crippen LogP contribution in [0, 0.1) is 11.3 Å². The number of benzene rings is 19. The van der Waals surface area contributed by atoms with Gasteiger partial charge in [-0.15, -0.1) is 0 Å². The fraction of sp³-hybridized carbons (Fsp3) is 0. The molecule has 0 aliphatic heterocycles. The molecule has 0 N–H and O–H groups in total. The molecule has 626 valence electrons. The first-order valence-corrected chi connectivity index (χ1v) is 45.1. The monoisotopic (exact) mass is 1710 g/mol. The lowest BCUT2D eigenvalue weighted by Gasteiger charge is -2.16. The van der Waals surface area contributed by atoms with Crippen molar-refractivity contribution < 1.29 is 0 Å². The zero-order chi connectivity index (χ0) is 88.7. The van der Waals surface area contributed by atoms with Gasteiger partial charge < -0.3 is 27.4 Å². The highest BCUT2D eigenvalue weighted by molar-refractivity contribution is 6.18. The average molecular weight is 1710 g/mol. The quantitative estimate of drug-likeness (QED) is 0.120. The largest absolute Gasteiger partial charge is 0.309 e. The van der Waals surface area contributed by atoms with Crippen molar-refractivity contribution in [3.63, 3.8) is 0 Å². The van der Waals surface area contributed by atoms with Crippen molar-refractivity contribution in [3.05, 3.63) is 479 Å². The maximum atomic E-state index is 9.91. The van der Waals surface area contributed by atoms with Gasteiger partial charge in [0.05, 0.1) is 88.8 Å². The number of hydrogen-bond donors (Lipinski definition) is 0. The van der Waals surface area contributed by atoms with Gasteiger partial charge in [-0.1, -0.05) is 334 Å². The molecule has 8 heterocycles. The molecular formula is C122H78N12. The number of fused-ring (bicyclic) bond motifs is 18. The van der Waals surface area contributed by atoms with Crippen molar-refractivity contribution in [1.82, 2.24) is 52.3 Å². The zero-order valence-electron chi connectivity index (χ0n) is 72.4. The molecule has 0 saturated heterocycles. The van der Waals surface area contributed by atoms with Crippen LogP contribution in [0.2, 0.25) is 0 Å². The third-order valence-electron chi connectivity index (χ3n) is 26.0. The fourth-order valence-electron chi connectivity index (χ4n) is 20.2. The molecular weight excluding hydrogens is 1630 g/mol. The van der Waals surface area contributed by atoms with Crippen molar-refractivity contribution in [2.45, 2.75) is 0 Å². The molecule has 0 unspecified atom stereocenters. The Hall–Kier alpha value is -18.4. The molecule has 8 aromatic heterocycles. The Labute approximate surface area is 770 Å². The summed E-state index contributed by atoms with van der Waals surface area (Å²) < 4.78 is 14.1. The summed E-state index contributed by atoms with van der Waals surface area (Å²) in [4.78, 5) is 25.8. The van der Waals surface area contributed by atoms with Gasteiger partial charge >= 0.3 is 0 Å². The minimum absolute atomic E-state index is 0.612. The summed E-state index contributed by atoms with van der Waals surface area (Å²) in [5.41, 5.74) is 28.4. The Morgan fingerprint density at radius 1 is 0.172 bits per heavy atom. The molecule has 0 bridgehead atoms. The van der Waals surface area contributed by atoms with E-state index in [-0.39, 0.29) is 0 Å². The van der Waals surface area contributed by atoms with E-state index in [0.29, 0.717) is 28.9 Å². The SMILES string of the molecule is N#Cc1cccc2c3ccccc3n(-c3ccc4c(c3)c3ccccc3n4-c3ccccc3)c12.c1ccc(-c2cc(-c3cccc4c5ccccc5n(-c5ccc6c(c5)c5ccccc5n6-c5ccccc5)c34)nc(-c3ccccc3)n2)cc1.c1ccc(-c2nc(-c3ccccc3)nc(-c3cc4c(cc3-n3c5ccccc5c5ccccc53)c3ccccc3n4-c3ccccc3)n2)cc1. The first-order valence-electron chi connectivity index (χ1n) is 45.1. The van der Waals surface area contributed by atoms with Crippen molar-refractivity contribution >= 4 is 131 Å². The fourth-order valence-corrected chi connectivity index (χ4v) is 20.2. The normalized spacial score (nSPS) is 11.6. The van der Waals surface area contributed by atoms with E-state index in [1.807, 2.05) is 78.9 Å². The number of nitriles is 1. The van der Waals surface area contributed by atoms with Crippen LogP contribution >= 0.6 is 0 Å². The Bertz CT molecular complexity index is 9140. The van der Waals surface area contributed by atoms with Crippen LogP contribution in [0.15, 0.2) is 473 Å². The summed E-state index contributed by atoms with van der Waals surface area (Å²) in [5.74, 6) is 2.58. The summed E-state index contributed by atoms with van der Waals surface area (Å²) in [6.45, 7) is 0. The second-order valence-electron chi connectivity index (χ2n) is 33.7. The molecule has 0 amide bonds. The molecule has 12 nitrogen and oxygen atoms in total. The minimum Gasteiger partial charge on any atom is -0.309 e. The van der Waals surface area contributed by atoms with E-state index < -0.39 is 0 Å². The molecule has 0 atom stereocenters.